The van der Waals surface area contributed by atoms with Crippen LogP contribution in [0.5, 0.6) is 0 Å². The fourth-order valence-corrected chi connectivity index (χ4v) is 3.62. The Kier molecular flexibility index (Phi) is 6.31. The molecule has 0 aliphatic carbocycles. The number of ether oxygens (including phenoxy) is 2. The Hall–Kier alpha value is -0.120. The Bertz CT molecular complexity index is 268. The Morgan fingerprint density at radius 2 is 1.55 bits per heavy atom. The summed E-state index contributed by atoms with van der Waals surface area (Å²) in [5, 5.41) is 3.80. The molecule has 0 aromatic rings. The van der Waals surface area contributed by atoms with Crippen molar-refractivity contribution in [3.8, 4) is 0 Å². The van der Waals surface area contributed by atoms with Crippen LogP contribution >= 0.6 is 0 Å². The maximum Gasteiger partial charge on any atom is 0.0469 e. The summed E-state index contributed by atoms with van der Waals surface area (Å²) in [6.45, 7) is 12.1. The second-order valence-electron chi connectivity index (χ2n) is 7.54. The summed E-state index contributed by atoms with van der Waals surface area (Å²) in [6.07, 6.45) is 6.25. The van der Waals surface area contributed by atoms with E-state index in [1.165, 1.54) is 32.1 Å². The van der Waals surface area contributed by atoms with E-state index in [0.29, 0.717) is 11.5 Å². The number of hydrogen-bond acceptors (Lipinski definition) is 3. The van der Waals surface area contributed by atoms with Gasteiger partial charge in [0.05, 0.1) is 0 Å². The van der Waals surface area contributed by atoms with Crippen molar-refractivity contribution in [1.29, 1.82) is 0 Å². The summed E-state index contributed by atoms with van der Waals surface area (Å²) in [4.78, 5) is 0. The molecule has 3 heteroatoms. The van der Waals surface area contributed by atoms with Gasteiger partial charge in [0.15, 0.2) is 0 Å². The van der Waals surface area contributed by atoms with Gasteiger partial charge in [-0.2, -0.15) is 0 Å². The standard InChI is InChI=1S/C17H33NO2/c1-14(16-6-10-20-11-7-16)18-13-17(2,3)12-15-4-8-19-9-5-15/h14-16,18H,4-13H2,1-3H3/t14-/m0/s1. The summed E-state index contributed by atoms with van der Waals surface area (Å²) >= 11 is 0. The second kappa shape index (κ2) is 7.77. The van der Waals surface area contributed by atoms with E-state index in [1.54, 1.807) is 0 Å². The molecule has 0 aromatic carbocycles. The van der Waals surface area contributed by atoms with Gasteiger partial charge in [-0.15, -0.1) is 0 Å². The van der Waals surface area contributed by atoms with Crippen molar-refractivity contribution < 1.29 is 9.47 Å². The summed E-state index contributed by atoms with van der Waals surface area (Å²) in [5.41, 5.74) is 0.390. The summed E-state index contributed by atoms with van der Waals surface area (Å²) in [7, 11) is 0. The van der Waals surface area contributed by atoms with E-state index >= 15 is 0 Å². The van der Waals surface area contributed by atoms with Crippen molar-refractivity contribution in [2.75, 3.05) is 33.0 Å². The monoisotopic (exact) mass is 283 g/mol. The molecule has 0 saturated carbocycles. The van der Waals surface area contributed by atoms with E-state index in [2.05, 4.69) is 26.1 Å². The molecule has 0 amide bonds. The van der Waals surface area contributed by atoms with Gasteiger partial charge in [0.2, 0.25) is 0 Å². The first kappa shape index (κ1) is 16.3. The molecule has 20 heavy (non-hydrogen) atoms. The van der Waals surface area contributed by atoms with Gasteiger partial charge in [0.25, 0.3) is 0 Å². The van der Waals surface area contributed by atoms with Crippen LogP contribution in [-0.4, -0.2) is 39.0 Å². The van der Waals surface area contributed by atoms with E-state index in [-0.39, 0.29) is 0 Å². The molecule has 0 unspecified atom stereocenters. The van der Waals surface area contributed by atoms with Crippen LogP contribution in [0.1, 0.15) is 52.9 Å². The molecule has 2 aliphatic rings. The maximum atomic E-state index is 5.46. The van der Waals surface area contributed by atoms with E-state index < -0.39 is 0 Å². The van der Waals surface area contributed by atoms with Gasteiger partial charge in [-0.05, 0) is 56.3 Å². The third-order valence-electron chi connectivity index (χ3n) is 5.06. The average molecular weight is 283 g/mol. The lowest BCUT2D eigenvalue weighted by molar-refractivity contribution is 0.0460. The Morgan fingerprint density at radius 1 is 1.00 bits per heavy atom. The molecule has 0 radical (unpaired) electrons. The molecule has 0 bridgehead atoms. The number of hydrogen-bond donors (Lipinski definition) is 1. The second-order valence-corrected chi connectivity index (χ2v) is 7.54. The third-order valence-corrected chi connectivity index (χ3v) is 5.06. The smallest absolute Gasteiger partial charge is 0.0469 e. The lowest BCUT2D eigenvalue weighted by Gasteiger charge is -2.35. The van der Waals surface area contributed by atoms with Crippen LogP contribution in [-0.2, 0) is 9.47 Å². The van der Waals surface area contributed by atoms with Gasteiger partial charge in [0, 0.05) is 39.0 Å². The molecule has 0 spiro atoms. The van der Waals surface area contributed by atoms with Crippen molar-refractivity contribution >= 4 is 0 Å². The van der Waals surface area contributed by atoms with E-state index in [1.807, 2.05) is 0 Å². The van der Waals surface area contributed by atoms with Crippen molar-refractivity contribution in [1.82, 2.24) is 5.32 Å². The highest BCUT2D eigenvalue weighted by molar-refractivity contribution is 4.81. The van der Waals surface area contributed by atoms with Gasteiger partial charge in [0.1, 0.15) is 0 Å². The highest BCUT2D eigenvalue weighted by Crippen LogP contribution is 2.31. The molecule has 1 N–H and O–H groups in total. The predicted octanol–water partition coefficient (Wildman–Crippen LogP) is 3.23. The molecule has 2 rings (SSSR count). The maximum absolute atomic E-state index is 5.46. The minimum absolute atomic E-state index is 0.390. The predicted molar refractivity (Wildman–Crippen MR) is 82.9 cm³/mol. The molecule has 2 heterocycles. The van der Waals surface area contributed by atoms with Crippen LogP contribution in [0.2, 0.25) is 0 Å². The quantitative estimate of drug-likeness (QED) is 0.812. The van der Waals surface area contributed by atoms with Crippen LogP contribution in [0.4, 0.5) is 0 Å². The first-order valence-corrected chi connectivity index (χ1v) is 8.46. The number of rotatable bonds is 6. The van der Waals surface area contributed by atoms with Gasteiger partial charge < -0.3 is 14.8 Å². The van der Waals surface area contributed by atoms with Gasteiger partial charge in [-0.25, -0.2) is 0 Å². The molecular weight excluding hydrogens is 250 g/mol. The zero-order chi connectivity index (χ0) is 14.4. The third kappa shape index (κ3) is 5.34. The van der Waals surface area contributed by atoms with Crippen LogP contribution in [0.25, 0.3) is 0 Å². The zero-order valence-corrected chi connectivity index (χ0v) is 13.6. The Morgan fingerprint density at radius 3 is 2.15 bits per heavy atom. The lowest BCUT2D eigenvalue weighted by Crippen LogP contribution is -2.42. The van der Waals surface area contributed by atoms with Gasteiger partial charge in [-0.3, -0.25) is 0 Å². The summed E-state index contributed by atoms with van der Waals surface area (Å²) in [5.74, 6) is 1.65. The Balaban J connectivity index is 1.70. The van der Waals surface area contributed by atoms with Crippen LogP contribution < -0.4 is 5.32 Å². The van der Waals surface area contributed by atoms with E-state index in [0.717, 1.165) is 44.8 Å². The average Bonchev–Trinajstić information content (AvgIpc) is 2.46. The molecule has 2 aliphatic heterocycles. The fraction of sp³-hybridized carbons (Fsp3) is 1.00. The molecule has 3 nitrogen and oxygen atoms in total. The minimum atomic E-state index is 0.390. The molecule has 118 valence electrons. The largest absolute Gasteiger partial charge is 0.381 e. The summed E-state index contributed by atoms with van der Waals surface area (Å²) in [6, 6.07) is 0.618. The highest BCUT2D eigenvalue weighted by atomic mass is 16.5. The molecular formula is C17H33NO2. The minimum Gasteiger partial charge on any atom is -0.381 e. The van der Waals surface area contributed by atoms with Crippen molar-refractivity contribution in [2.24, 2.45) is 17.3 Å². The normalized spacial score (nSPS) is 24.8. The fourth-order valence-electron chi connectivity index (χ4n) is 3.62. The number of nitrogens with one attached hydrogen (secondary N) is 1. The van der Waals surface area contributed by atoms with Crippen molar-refractivity contribution in [3.05, 3.63) is 0 Å². The molecule has 2 fully saturated rings. The first-order chi connectivity index (χ1) is 9.57. The topological polar surface area (TPSA) is 30.5 Å². The molecule has 0 aromatic heterocycles. The van der Waals surface area contributed by atoms with Gasteiger partial charge in [-0.1, -0.05) is 13.8 Å². The highest BCUT2D eigenvalue weighted by Gasteiger charge is 2.27. The molecule has 2 saturated heterocycles. The first-order valence-electron chi connectivity index (χ1n) is 8.46. The van der Waals surface area contributed by atoms with Crippen LogP contribution in [0, 0.1) is 17.3 Å². The van der Waals surface area contributed by atoms with Gasteiger partial charge >= 0.3 is 0 Å². The zero-order valence-electron chi connectivity index (χ0n) is 13.6. The molecule has 1 atom stereocenters. The van der Waals surface area contributed by atoms with Crippen molar-refractivity contribution in [2.45, 2.75) is 58.9 Å². The van der Waals surface area contributed by atoms with Crippen LogP contribution in [0.15, 0.2) is 0 Å². The lowest BCUT2D eigenvalue weighted by atomic mass is 9.79. The van der Waals surface area contributed by atoms with E-state index in [9.17, 15) is 0 Å². The Labute approximate surface area is 124 Å². The SMILES string of the molecule is C[C@H](NCC(C)(C)CC1CCOCC1)C1CCOCC1. The van der Waals surface area contributed by atoms with Crippen LogP contribution in [0.3, 0.4) is 0 Å². The van der Waals surface area contributed by atoms with Crippen molar-refractivity contribution in [3.63, 3.8) is 0 Å². The van der Waals surface area contributed by atoms with E-state index in [4.69, 9.17) is 9.47 Å². The summed E-state index contributed by atoms with van der Waals surface area (Å²) < 4.78 is 10.9.